The summed E-state index contributed by atoms with van der Waals surface area (Å²) in [6.07, 6.45) is 1.97. The van der Waals surface area contributed by atoms with Crippen LogP contribution in [0.1, 0.15) is 46.1 Å². The molecular formula is C15H23ClO. The molecular weight excluding hydrogens is 232 g/mol. The standard InChI is InChI=1S/C15H23ClO/c1-5-10-17-14-9-7-6-8-13(14)15(3,4)11-12(2)16/h6-9,12H,5,10-11H2,1-4H3. The van der Waals surface area contributed by atoms with Crippen LogP contribution in [0.2, 0.25) is 0 Å². The highest BCUT2D eigenvalue weighted by Crippen LogP contribution is 2.36. The van der Waals surface area contributed by atoms with Crippen LogP contribution in [0.25, 0.3) is 0 Å². The Bertz CT molecular complexity index is 345. The van der Waals surface area contributed by atoms with Crippen LogP contribution < -0.4 is 4.74 Å². The van der Waals surface area contributed by atoms with Gasteiger partial charge in [0, 0.05) is 5.38 Å². The molecule has 0 saturated heterocycles. The van der Waals surface area contributed by atoms with Crippen molar-refractivity contribution in [2.45, 2.75) is 51.3 Å². The monoisotopic (exact) mass is 254 g/mol. The first-order valence-corrected chi connectivity index (χ1v) is 6.77. The van der Waals surface area contributed by atoms with Gasteiger partial charge in [-0.2, -0.15) is 0 Å². The minimum absolute atomic E-state index is 0.0471. The average molecular weight is 255 g/mol. The predicted octanol–water partition coefficient (Wildman–Crippen LogP) is 4.77. The number of benzene rings is 1. The molecule has 1 unspecified atom stereocenters. The molecule has 0 aliphatic carbocycles. The van der Waals surface area contributed by atoms with Gasteiger partial charge in [0.25, 0.3) is 0 Å². The Hall–Kier alpha value is -0.690. The largest absolute Gasteiger partial charge is 0.493 e. The van der Waals surface area contributed by atoms with Gasteiger partial charge in [-0.15, -0.1) is 11.6 Å². The molecule has 1 aromatic rings. The first kappa shape index (κ1) is 14.4. The molecule has 1 aromatic carbocycles. The van der Waals surface area contributed by atoms with Crippen molar-refractivity contribution < 1.29 is 4.74 Å². The third-order valence-electron chi connectivity index (χ3n) is 2.87. The molecule has 0 radical (unpaired) electrons. The Morgan fingerprint density at radius 3 is 2.53 bits per heavy atom. The molecule has 0 aromatic heterocycles. The van der Waals surface area contributed by atoms with E-state index in [-0.39, 0.29) is 10.8 Å². The van der Waals surface area contributed by atoms with Crippen LogP contribution in [-0.2, 0) is 5.41 Å². The topological polar surface area (TPSA) is 9.23 Å². The van der Waals surface area contributed by atoms with Crippen LogP contribution in [0.3, 0.4) is 0 Å². The average Bonchev–Trinajstić information content (AvgIpc) is 2.25. The zero-order chi connectivity index (χ0) is 12.9. The number of ether oxygens (including phenoxy) is 1. The van der Waals surface area contributed by atoms with Gasteiger partial charge in [-0.1, -0.05) is 39.0 Å². The normalized spacial score (nSPS) is 13.5. The van der Waals surface area contributed by atoms with E-state index in [1.807, 2.05) is 19.1 Å². The van der Waals surface area contributed by atoms with Gasteiger partial charge in [0.2, 0.25) is 0 Å². The number of alkyl halides is 1. The van der Waals surface area contributed by atoms with Crippen molar-refractivity contribution in [3.8, 4) is 5.75 Å². The molecule has 0 bridgehead atoms. The minimum Gasteiger partial charge on any atom is -0.493 e. The van der Waals surface area contributed by atoms with Crippen LogP contribution in [0.5, 0.6) is 5.75 Å². The fourth-order valence-corrected chi connectivity index (χ4v) is 2.56. The lowest BCUT2D eigenvalue weighted by Gasteiger charge is -2.28. The van der Waals surface area contributed by atoms with E-state index < -0.39 is 0 Å². The van der Waals surface area contributed by atoms with Crippen molar-refractivity contribution in [3.05, 3.63) is 29.8 Å². The Balaban J connectivity index is 2.94. The molecule has 96 valence electrons. The number of hydrogen-bond acceptors (Lipinski definition) is 1. The summed E-state index contributed by atoms with van der Waals surface area (Å²) in [5.41, 5.74) is 1.30. The second kappa shape index (κ2) is 6.30. The molecule has 0 spiro atoms. The Kier molecular flexibility index (Phi) is 5.32. The van der Waals surface area contributed by atoms with Gasteiger partial charge in [0.15, 0.2) is 0 Å². The fraction of sp³-hybridized carbons (Fsp3) is 0.600. The lowest BCUT2D eigenvalue weighted by molar-refractivity contribution is 0.305. The van der Waals surface area contributed by atoms with Gasteiger partial charge in [-0.3, -0.25) is 0 Å². The number of para-hydroxylation sites is 1. The molecule has 1 rings (SSSR count). The molecule has 0 fully saturated rings. The zero-order valence-electron chi connectivity index (χ0n) is 11.3. The van der Waals surface area contributed by atoms with E-state index >= 15 is 0 Å². The number of rotatable bonds is 6. The van der Waals surface area contributed by atoms with E-state index in [2.05, 4.69) is 32.9 Å². The Labute approximate surface area is 110 Å². The molecule has 0 amide bonds. The second-order valence-corrected chi connectivity index (χ2v) is 5.96. The molecule has 0 aliphatic heterocycles. The summed E-state index contributed by atoms with van der Waals surface area (Å²) in [6.45, 7) is 9.37. The van der Waals surface area contributed by atoms with Crippen LogP contribution in [0.4, 0.5) is 0 Å². The molecule has 2 heteroatoms. The zero-order valence-corrected chi connectivity index (χ0v) is 12.1. The highest BCUT2D eigenvalue weighted by atomic mass is 35.5. The van der Waals surface area contributed by atoms with Gasteiger partial charge in [0.1, 0.15) is 5.75 Å². The Morgan fingerprint density at radius 2 is 1.94 bits per heavy atom. The first-order chi connectivity index (χ1) is 7.97. The van der Waals surface area contributed by atoms with E-state index in [1.54, 1.807) is 0 Å². The second-order valence-electron chi connectivity index (χ2n) is 5.21. The van der Waals surface area contributed by atoms with E-state index in [0.717, 1.165) is 25.2 Å². The van der Waals surface area contributed by atoms with E-state index in [4.69, 9.17) is 16.3 Å². The summed E-state index contributed by atoms with van der Waals surface area (Å²) in [5, 5.41) is 0.171. The molecule has 17 heavy (non-hydrogen) atoms. The maximum absolute atomic E-state index is 6.13. The Morgan fingerprint density at radius 1 is 1.29 bits per heavy atom. The van der Waals surface area contributed by atoms with E-state index in [9.17, 15) is 0 Å². The third kappa shape index (κ3) is 4.23. The SMILES string of the molecule is CCCOc1ccccc1C(C)(C)CC(C)Cl. The molecule has 0 saturated carbocycles. The van der Waals surface area contributed by atoms with Crippen LogP contribution in [0.15, 0.2) is 24.3 Å². The number of hydrogen-bond donors (Lipinski definition) is 0. The molecule has 0 heterocycles. The van der Waals surface area contributed by atoms with Gasteiger partial charge in [-0.25, -0.2) is 0 Å². The third-order valence-corrected chi connectivity index (χ3v) is 3.02. The van der Waals surface area contributed by atoms with E-state index in [0.29, 0.717) is 0 Å². The molecule has 1 nitrogen and oxygen atoms in total. The predicted molar refractivity (Wildman–Crippen MR) is 75.2 cm³/mol. The van der Waals surface area contributed by atoms with Gasteiger partial charge >= 0.3 is 0 Å². The van der Waals surface area contributed by atoms with Crippen molar-refractivity contribution in [1.82, 2.24) is 0 Å². The molecule has 1 atom stereocenters. The van der Waals surface area contributed by atoms with Gasteiger partial charge in [0.05, 0.1) is 6.61 Å². The first-order valence-electron chi connectivity index (χ1n) is 6.33. The summed E-state index contributed by atoms with van der Waals surface area (Å²) in [7, 11) is 0. The maximum atomic E-state index is 6.13. The van der Waals surface area contributed by atoms with Crippen LogP contribution >= 0.6 is 11.6 Å². The highest BCUT2D eigenvalue weighted by molar-refractivity contribution is 6.20. The quantitative estimate of drug-likeness (QED) is 0.665. The fourth-order valence-electron chi connectivity index (χ4n) is 2.18. The summed E-state index contributed by atoms with van der Waals surface area (Å²) < 4.78 is 5.81. The van der Waals surface area contributed by atoms with Crippen molar-refractivity contribution in [2.24, 2.45) is 0 Å². The van der Waals surface area contributed by atoms with Crippen LogP contribution in [-0.4, -0.2) is 12.0 Å². The van der Waals surface area contributed by atoms with Crippen molar-refractivity contribution >= 4 is 11.6 Å². The van der Waals surface area contributed by atoms with E-state index in [1.165, 1.54) is 5.56 Å². The summed E-state index contributed by atoms with van der Waals surface area (Å²) in [5.74, 6) is 0.997. The van der Waals surface area contributed by atoms with Crippen molar-refractivity contribution in [3.63, 3.8) is 0 Å². The van der Waals surface area contributed by atoms with Crippen molar-refractivity contribution in [1.29, 1.82) is 0 Å². The maximum Gasteiger partial charge on any atom is 0.123 e. The smallest absolute Gasteiger partial charge is 0.123 e. The summed E-state index contributed by atoms with van der Waals surface area (Å²) in [6, 6.07) is 8.28. The number of halogens is 1. The summed E-state index contributed by atoms with van der Waals surface area (Å²) in [4.78, 5) is 0. The van der Waals surface area contributed by atoms with Crippen LogP contribution in [0, 0.1) is 0 Å². The van der Waals surface area contributed by atoms with Gasteiger partial charge in [-0.05, 0) is 36.8 Å². The summed E-state index contributed by atoms with van der Waals surface area (Å²) >= 11 is 6.13. The lowest BCUT2D eigenvalue weighted by atomic mass is 9.80. The lowest BCUT2D eigenvalue weighted by Crippen LogP contribution is -2.22. The minimum atomic E-state index is 0.0471. The molecule has 0 N–H and O–H groups in total. The molecule has 0 aliphatic rings. The van der Waals surface area contributed by atoms with Crippen molar-refractivity contribution in [2.75, 3.05) is 6.61 Å². The van der Waals surface area contributed by atoms with Gasteiger partial charge < -0.3 is 4.74 Å². The highest BCUT2D eigenvalue weighted by Gasteiger charge is 2.25.